The Labute approximate surface area is 273 Å². The average molecular weight is 687 g/mol. The van der Waals surface area contributed by atoms with Crippen LogP contribution in [0.1, 0.15) is 56.2 Å². The molecule has 2 aliphatic rings. The molecule has 15 heteroatoms. The Morgan fingerprint density at radius 3 is 2.41 bits per heavy atom. The van der Waals surface area contributed by atoms with Crippen LogP contribution < -0.4 is 10.6 Å². The van der Waals surface area contributed by atoms with Gasteiger partial charge in [-0.15, -0.1) is 0 Å². The summed E-state index contributed by atoms with van der Waals surface area (Å²) >= 11 is 12.4. The van der Waals surface area contributed by atoms with Gasteiger partial charge >= 0.3 is 12.4 Å². The minimum absolute atomic E-state index is 0.0368. The molecule has 0 amide bonds. The van der Waals surface area contributed by atoms with Gasteiger partial charge in [-0.05, 0) is 60.2 Å². The largest absolute Gasteiger partial charge is 0.416 e. The van der Waals surface area contributed by atoms with Crippen molar-refractivity contribution in [3.63, 3.8) is 0 Å². The van der Waals surface area contributed by atoms with Crippen LogP contribution in [0.2, 0.25) is 10.3 Å². The lowest BCUT2D eigenvalue weighted by Gasteiger charge is -2.30. The molecule has 0 bridgehead atoms. The SMILES string of the molecule is CCC(C#CN=C(N)N(Cc1cc(C(F)(F)F)cc(C(F)(F)F)c1)C1CC(CC)N(c2nc(Cl)ncc2Cl)C1)C1=CN(C)C#CC1. The number of alkyl halides is 6. The summed E-state index contributed by atoms with van der Waals surface area (Å²) in [6.45, 7) is 3.70. The summed E-state index contributed by atoms with van der Waals surface area (Å²) in [5.41, 5.74) is 4.34. The van der Waals surface area contributed by atoms with Crippen LogP contribution in [-0.2, 0) is 18.9 Å². The second-order valence-electron chi connectivity index (χ2n) is 10.9. The summed E-state index contributed by atoms with van der Waals surface area (Å²) in [7, 11) is 1.81. The number of halogens is 8. The van der Waals surface area contributed by atoms with E-state index >= 15 is 0 Å². The number of hydrogen-bond acceptors (Lipinski definition) is 5. The maximum atomic E-state index is 13.7. The topological polar surface area (TPSA) is 73.9 Å². The van der Waals surface area contributed by atoms with E-state index in [9.17, 15) is 26.3 Å². The Kier molecular flexibility index (Phi) is 10.9. The fourth-order valence-electron chi connectivity index (χ4n) is 5.50. The van der Waals surface area contributed by atoms with Gasteiger partial charge in [-0.2, -0.15) is 36.3 Å². The Hall–Kier alpha value is -3.81. The lowest BCUT2D eigenvalue weighted by Crippen LogP contribution is -2.45. The molecule has 1 fully saturated rings. The van der Waals surface area contributed by atoms with Gasteiger partial charge < -0.3 is 20.4 Å². The van der Waals surface area contributed by atoms with Crippen molar-refractivity contribution >= 4 is 35.0 Å². The van der Waals surface area contributed by atoms with E-state index in [1.165, 1.54) is 11.1 Å². The molecule has 0 spiro atoms. The first kappa shape index (κ1) is 35.1. The van der Waals surface area contributed by atoms with Gasteiger partial charge in [-0.3, -0.25) is 0 Å². The van der Waals surface area contributed by atoms with Crippen molar-refractivity contribution in [3.05, 3.63) is 63.2 Å². The predicted octanol–water partition coefficient (Wildman–Crippen LogP) is 7.16. The molecule has 3 heterocycles. The van der Waals surface area contributed by atoms with E-state index in [-0.39, 0.29) is 46.4 Å². The molecule has 0 radical (unpaired) electrons. The quantitative estimate of drug-likeness (QED) is 0.110. The zero-order valence-electron chi connectivity index (χ0n) is 25.1. The third-order valence-corrected chi connectivity index (χ3v) is 8.19. The van der Waals surface area contributed by atoms with Gasteiger partial charge in [0.2, 0.25) is 11.2 Å². The van der Waals surface area contributed by atoms with Crippen LogP contribution in [0.4, 0.5) is 32.2 Å². The smallest absolute Gasteiger partial charge is 0.369 e. The molecule has 4 rings (SSSR count). The summed E-state index contributed by atoms with van der Waals surface area (Å²) in [6.07, 6.45) is -4.53. The van der Waals surface area contributed by atoms with E-state index in [0.29, 0.717) is 43.6 Å². The molecular formula is C31H31Cl2F6N7. The number of allylic oxidation sites excluding steroid dienone is 1. The second-order valence-corrected chi connectivity index (χ2v) is 11.7. The van der Waals surface area contributed by atoms with E-state index in [0.717, 1.165) is 5.57 Å². The third-order valence-electron chi connectivity index (χ3n) is 7.74. The van der Waals surface area contributed by atoms with Gasteiger partial charge in [0.1, 0.15) is 5.02 Å². The Morgan fingerprint density at radius 2 is 1.83 bits per heavy atom. The van der Waals surface area contributed by atoms with Crippen molar-refractivity contribution in [2.45, 2.75) is 70.5 Å². The number of rotatable bonds is 7. The van der Waals surface area contributed by atoms with E-state index in [1.54, 1.807) is 4.90 Å². The van der Waals surface area contributed by atoms with Crippen LogP contribution in [0, 0.1) is 29.8 Å². The van der Waals surface area contributed by atoms with E-state index in [4.69, 9.17) is 28.9 Å². The van der Waals surface area contributed by atoms with Crippen molar-refractivity contribution in [2.75, 3.05) is 18.5 Å². The first-order chi connectivity index (χ1) is 21.6. The minimum Gasteiger partial charge on any atom is -0.369 e. The van der Waals surface area contributed by atoms with Gasteiger partial charge in [-0.1, -0.05) is 37.3 Å². The van der Waals surface area contributed by atoms with Crippen LogP contribution in [0.25, 0.3) is 0 Å². The first-order valence-electron chi connectivity index (χ1n) is 14.4. The Balaban J connectivity index is 1.74. The van der Waals surface area contributed by atoms with Gasteiger partial charge in [-0.25, -0.2) is 4.98 Å². The molecule has 246 valence electrons. The lowest BCUT2D eigenvalue weighted by atomic mass is 9.94. The number of benzene rings is 1. The first-order valence-corrected chi connectivity index (χ1v) is 15.1. The van der Waals surface area contributed by atoms with E-state index < -0.39 is 36.1 Å². The molecular weight excluding hydrogens is 655 g/mol. The van der Waals surface area contributed by atoms with E-state index in [2.05, 4.69) is 38.9 Å². The van der Waals surface area contributed by atoms with Gasteiger partial charge in [0.05, 0.1) is 23.4 Å². The fraction of sp³-hybridized carbons (Fsp3) is 0.452. The molecule has 1 aromatic carbocycles. The van der Waals surface area contributed by atoms with Crippen molar-refractivity contribution in [1.82, 2.24) is 19.8 Å². The highest BCUT2D eigenvalue weighted by Crippen LogP contribution is 2.38. The molecule has 2 aliphatic heterocycles. The fourth-order valence-corrected chi connectivity index (χ4v) is 5.83. The molecule has 2 N–H and O–H groups in total. The highest BCUT2D eigenvalue weighted by atomic mass is 35.5. The van der Waals surface area contributed by atoms with Crippen LogP contribution in [0.15, 0.2) is 41.2 Å². The molecule has 7 nitrogen and oxygen atoms in total. The molecule has 46 heavy (non-hydrogen) atoms. The monoisotopic (exact) mass is 685 g/mol. The molecule has 3 unspecified atom stereocenters. The number of guanidine groups is 1. The minimum atomic E-state index is -5.01. The molecule has 1 saturated heterocycles. The summed E-state index contributed by atoms with van der Waals surface area (Å²) in [5, 5.41) is 0.193. The van der Waals surface area contributed by atoms with Crippen molar-refractivity contribution in [1.29, 1.82) is 0 Å². The molecule has 0 aliphatic carbocycles. The van der Waals surface area contributed by atoms with Gasteiger partial charge in [0.25, 0.3) is 0 Å². The number of hydrogen-bond donors (Lipinski definition) is 1. The summed E-state index contributed by atoms with van der Waals surface area (Å²) in [5.74, 6) is 6.10. The van der Waals surface area contributed by atoms with Crippen LogP contribution in [0.3, 0.4) is 0 Å². The third kappa shape index (κ3) is 8.51. The van der Waals surface area contributed by atoms with Gasteiger partial charge in [0, 0.05) is 56.8 Å². The second kappa shape index (κ2) is 14.3. The number of nitrogens with zero attached hydrogens (tertiary/aromatic N) is 6. The molecule has 1 aromatic heterocycles. The number of nitrogens with two attached hydrogens (primary N) is 1. The zero-order valence-corrected chi connectivity index (χ0v) is 26.7. The summed E-state index contributed by atoms with van der Waals surface area (Å²) < 4.78 is 82.1. The summed E-state index contributed by atoms with van der Waals surface area (Å²) in [4.78, 5) is 17.5. The van der Waals surface area contributed by atoms with Crippen molar-refractivity contribution < 1.29 is 26.3 Å². The maximum absolute atomic E-state index is 13.7. The number of aromatic nitrogens is 2. The van der Waals surface area contributed by atoms with Crippen LogP contribution >= 0.6 is 23.2 Å². The summed E-state index contributed by atoms with van der Waals surface area (Å²) in [6, 6.07) is 6.44. The Morgan fingerprint density at radius 1 is 1.15 bits per heavy atom. The highest BCUT2D eigenvalue weighted by molar-refractivity contribution is 6.33. The number of aliphatic imine (C=N–C) groups is 1. The van der Waals surface area contributed by atoms with Crippen LogP contribution in [0.5, 0.6) is 0 Å². The van der Waals surface area contributed by atoms with Crippen molar-refractivity contribution in [3.8, 4) is 23.9 Å². The molecule has 2 aromatic rings. The Bertz CT molecular complexity index is 1590. The van der Waals surface area contributed by atoms with Crippen LogP contribution in [-0.4, -0.2) is 51.4 Å². The molecule has 0 saturated carbocycles. The van der Waals surface area contributed by atoms with E-state index in [1.807, 2.05) is 32.0 Å². The molecule has 3 atom stereocenters. The van der Waals surface area contributed by atoms with Crippen molar-refractivity contribution in [2.24, 2.45) is 16.6 Å². The maximum Gasteiger partial charge on any atom is 0.416 e. The zero-order chi connectivity index (χ0) is 33.8. The highest BCUT2D eigenvalue weighted by Gasteiger charge is 2.39. The normalized spacial score (nSPS) is 19.2. The standard InChI is InChI=1S/C31H31Cl2F6N7/c1-4-20(21-7-6-10-44(3)17-21)8-9-41-29(40)46(16-19-11-22(30(34,35)36)13-23(12-19)31(37,38)39)25-14-24(5-2)45(18-25)27-26(32)15-42-28(33)43-27/h11-13,15,17,20,24-25H,4-5,7,14,16,18H2,1-3H3,(H2,40,41). The predicted molar refractivity (Wildman–Crippen MR) is 165 cm³/mol. The van der Waals surface area contributed by atoms with Gasteiger partial charge in [0.15, 0.2) is 5.82 Å². The number of anilines is 1. The average Bonchev–Trinajstić information content (AvgIpc) is 3.42. The lowest BCUT2D eigenvalue weighted by molar-refractivity contribution is -0.143.